The SMILES string of the molecule is CCOc1ccc(-c2ccc(C=Cc3ncc(-c4ccc(Cl)cc4Cl)[nH]3)cc2)cc1. The van der Waals surface area contributed by atoms with E-state index in [2.05, 4.69) is 46.4 Å². The first-order valence-corrected chi connectivity index (χ1v) is 10.4. The van der Waals surface area contributed by atoms with Crippen molar-refractivity contribution in [3.05, 3.63) is 94.4 Å². The number of hydrogen-bond donors (Lipinski definition) is 1. The predicted octanol–water partition coefficient (Wildman–Crippen LogP) is 7.62. The van der Waals surface area contributed by atoms with E-state index in [-0.39, 0.29) is 0 Å². The van der Waals surface area contributed by atoms with Gasteiger partial charge in [0.05, 0.1) is 23.5 Å². The van der Waals surface area contributed by atoms with Gasteiger partial charge in [0.15, 0.2) is 0 Å². The molecule has 1 N–H and O–H groups in total. The molecule has 0 radical (unpaired) electrons. The van der Waals surface area contributed by atoms with Crippen molar-refractivity contribution in [2.24, 2.45) is 0 Å². The van der Waals surface area contributed by atoms with Gasteiger partial charge >= 0.3 is 0 Å². The lowest BCUT2D eigenvalue weighted by atomic mass is 10.0. The Labute approximate surface area is 186 Å². The zero-order valence-electron chi connectivity index (χ0n) is 16.4. The summed E-state index contributed by atoms with van der Waals surface area (Å²) in [6.45, 7) is 2.65. The smallest absolute Gasteiger partial charge is 0.130 e. The van der Waals surface area contributed by atoms with Gasteiger partial charge < -0.3 is 9.72 Å². The minimum atomic E-state index is 0.589. The number of nitrogens with zero attached hydrogens (tertiary/aromatic N) is 1. The molecule has 1 heterocycles. The number of ether oxygens (including phenoxy) is 1. The second kappa shape index (κ2) is 9.21. The Bertz CT molecular complexity index is 1160. The lowest BCUT2D eigenvalue weighted by Crippen LogP contribution is -1.90. The van der Waals surface area contributed by atoms with Crippen LogP contribution in [-0.2, 0) is 0 Å². The summed E-state index contributed by atoms with van der Waals surface area (Å²) in [5.41, 5.74) is 5.12. The summed E-state index contributed by atoms with van der Waals surface area (Å²) in [6, 6.07) is 21.9. The summed E-state index contributed by atoms with van der Waals surface area (Å²) in [4.78, 5) is 7.69. The highest BCUT2D eigenvalue weighted by Crippen LogP contribution is 2.29. The first-order valence-electron chi connectivity index (χ1n) is 9.64. The fourth-order valence-corrected chi connectivity index (χ4v) is 3.65. The third kappa shape index (κ3) is 4.76. The molecule has 1 aromatic heterocycles. The van der Waals surface area contributed by atoms with Crippen LogP contribution < -0.4 is 4.74 Å². The number of halogens is 2. The van der Waals surface area contributed by atoms with Crippen molar-refractivity contribution in [1.82, 2.24) is 9.97 Å². The first kappa shape index (κ1) is 20.3. The van der Waals surface area contributed by atoms with Crippen molar-refractivity contribution in [3.8, 4) is 28.1 Å². The number of aromatic nitrogens is 2. The van der Waals surface area contributed by atoms with Gasteiger partial charge in [-0.05, 0) is 60.0 Å². The Hall–Kier alpha value is -3.01. The van der Waals surface area contributed by atoms with Crippen LogP contribution in [0.25, 0.3) is 34.5 Å². The van der Waals surface area contributed by atoms with Gasteiger partial charge in [-0.3, -0.25) is 0 Å². The molecule has 4 aromatic rings. The molecule has 5 heteroatoms. The van der Waals surface area contributed by atoms with E-state index in [1.807, 2.05) is 43.3 Å². The maximum Gasteiger partial charge on any atom is 0.130 e. The Morgan fingerprint density at radius 1 is 0.900 bits per heavy atom. The van der Waals surface area contributed by atoms with Gasteiger partial charge in [-0.25, -0.2) is 4.98 Å². The van der Waals surface area contributed by atoms with Gasteiger partial charge in [-0.2, -0.15) is 0 Å². The average molecular weight is 435 g/mol. The molecule has 0 aliphatic rings. The van der Waals surface area contributed by atoms with E-state index in [1.165, 1.54) is 0 Å². The number of H-pyrrole nitrogens is 1. The molecule has 0 fully saturated rings. The summed E-state index contributed by atoms with van der Waals surface area (Å²) < 4.78 is 5.50. The van der Waals surface area contributed by atoms with Crippen LogP contribution in [0.5, 0.6) is 5.75 Å². The minimum absolute atomic E-state index is 0.589. The molecule has 0 saturated heterocycles. The van der Waals surface area contributed by atoms with Gasteiger partial charge in [0, 0.05) is 10.6 Å². The molecule has 150 valence electrons. The maximum absolute atomic E-state index is 6.28. The van der Waals surface area contributed by atoms with Crippen LogP contribution in [0.1, 0.15) is 18.3 Å². The highest BCUT2D eigenvalue weighted by Gasteiger charge is 2.07. The van der Waals surface area contributed by atoms with Gasteiger partial charge in [-0.1, -0.05) is 65.7 Å². The number of rotatable bonds is 6. The van der Waals surface area contributed by atoms with Crippen molar-refractivity contribution >= 4 is 35.4 Å². The Morgan fingerprint density at radius 3 is 2.27 bits per heavy atom. The minimum Gasteiger partial charge on any atom is -0.494 e. The average Bonchev–Trinajstić information content (AvgIpc) is 3.22. The van der Waals surface area contributed by atoms with Crippen molar-refractivity contribution < 1.29 is 4.74 Å². The van der Waals surface area contributed by atoms with Crippen LogP contribution in [0, 0.1) is 0 Å². The highest BCUT2D eigenvalue weighted by molar-refractivity contribution is 6.36. The lowest BCUT2D eigenvalue weighted by molar-refractivity contribution is 0.340. The number of benzene rings is 3. The summed E-state index contributed by atoms with van der Waals surface area (Å²) in [7, 11) is 0. The fourth-order valence-electron chi connectivity index (χ4n) is 3.14. The molecule has 0 bridgehead atoms. The molecular formula is C25H20Cl2N2O. The van der Waals surface area contributed by atoms with Gasteiger partial charge in [0.1, 0.15) is 11.6 Å². The molecular weight excluding hydrogens is 415 g/mol. The van der Waals surface area contributed by atoms with E-state index >= 15 is 0 Å². The largest absolute Gasteiger partial charge is 0.494 e. The molecule has 0 atom stereocenters. The van der Waals surface area contributed by atoms with E-state index in [0.29, 0.717) is 16.7 Å². The molecule has 30 heavy (non-hydrogen) atoms. The standard InChI is InChI=1S/C25H20Cl2N2O/c1-2-30-21-11-8-19(9-12-21)18-6-3-17(4-7-18)5-14-25-28-16-24(29-25)22-13-10-20(26)15-23(22)27/h3-16H,2H2,1H3,(H,28,29). The molecule has 0 unspecified atom stereocenters. The van der Waals surface area contributed by atoms with E-state index in [1.54, 1.807) is 12.3 Å². The lowest BCUT2D eigenvalue weighted by Gasteiger charge is -2.05. The Kier molecular flexibility index (Phi) is 6.22. The third-order valence-electron chi connectivity index (χ3n) is 4.66. The van der Waals surface area contributed by atoms with E-state index in [0.717, 1.165) is 39.5 Å². The maximum atomic E-state index is 6.28. The zero-order chi connectivity index (χ0) is 20.9. The number of hydrogen-bond acceptors (Lipinski definition) is 2. The van der Waals surface area contributed by atoms with Crippen molar-refractivity contribution in [2.75, 3.05) is 6.61 Å². The van der Waals surface area contributed by atoms with Gasteiger partial charge in [-0.15, -0.1) is 0 Å². The van der Waals surface area contributed by atoms with E-state index in [9.17, 15) is 0 Å². The molecule has 3 aromatic carbocycles. The third-order valence-corrected chi connectivity index (χ3v) is 5.21. The van der Waals surface area contributed by atoms with Gasteiger partial charge in [0.25, 0.3) is 0 Å². The fraction of sp³-hybridized carbons (Fsp3) is 0.0800. The monoisotopic (exact) mass is 434 g/mol. The van der Waals surface area contributed by atoms with Crippen molar-refractivity contribution in [3.63, 3.8) is 0 Å². The van der Waals surface area contributed by atoms with Crippen LogP contribution in [0.3, 0.4) is 0 Å². The Morgan fingerprint density at radius 2 is 1.60 bits per heavy atom. The van der Waals surface area contributed by atoms with Gasteiger partial charge in [0.2, 0.25) is 0 Å². The van der Waals surface area contributed by atoms with Crippen LogP contribution in [-0.4, -0.2) is 16.6 Å². The molecule has 0 aliphatic heterocycles. The summed E-state index contributed by atoms with van der Waals surface area (Å²) in [6.07, 6.45) is 5.73. The normalized spacial score (nSPS) is 11.2. The van der Waals surface area contributed by atoms with E-state index in [4.69, 9.17) is 27.9 Å². The second-order valence-corrected chi connectivity index (χ2v) is 7.56. The Balaban J connectivity index is 1.46. The highest BCUT2D eigenvalue weighted by atomic mass is 35.5. The van der Waals surface area contributed by atoms with Crippen molar-refractivity contribution in [1.29, 1.82) is 0 Å². The summed E-state index contributed by atoms with van der Waals surface area (Å²) in [5, 5.41) is 1.20. The van der Waals surface area contributed by atoms with Crippen LogP contribution in [0.15, 0.2) is 72.9 Å². The molecule has 3 nitrogen and oxygen atoms in total. The molecule has 4 rings (SSSR count). The number of aromatic amines is 1. The van der Waals surface area contributed by atoms with Crippen LogP contribution in [0.2, 0.25) is 10.0 Å². The molecule has 0 amide bonds. The first-order chi connectivity index (χ1) is 14.6. The van der Waals surface area contributed by atoms with Crippen molar-refractivity contribution in [2.45, 2.75) is 6.92 Å². The van der Waals surface area contributed by atoms with Crippen LogP contribution in [0.4, 0.5) is 0 Å². The zero-order valence-corrected chi connectivity index (χ0v) is 17.9. The van der Waals surface area contributed by atoms with Crippen LogP contribution >= 0.6 is 23.2 Å². The van der Waals surface area contributed by atoms with E-state index < -0.39 is 0 Å². The summed E-state index contributed by atoms with van der Waals surface area (Å²) >= 11 is 12.2. The topological polar surface area (TPSA) is 37.9 Å². The molecule has 0 saturated carbocycles. The number of nitrogens with one attached hydrogen (secondary N) is 1. The number of imidazole rings is 1. The quantitative estimate of drug-likeness (QED) is 0.338. The predicted molar refractivity (Wildman–Crippen MR) is 126 cm³/mol. The second-order valence-electron chi connectivity index (χ2n) is 6.72. The molecule has 0 aliphatic carbocycles. The molecule has 0 spiro atoms. The summed E-state index contributed by atoms with van der Waals surface area (Å²) in [5.74, 6) is 1.64.